The fraction of sp³-hybridized carbons (Fsp3) is 0.696. The van der Waals surface area contributed by atoms with Gasteiger partial charge >= 0.3 is 5.97 Å². The van der Waals surface area contributed by atoms with Crippen molar-refractivity contribution in [3.63, 3.8) is 0 Å². The molecule has 0 aromatic heterocycles. The number of hydrogen-bond acceptors (Lipinski definition) is 3. The monoisotopic (exact) mass is 360 g/mol. The van der Waals surface area contributed by atoms with E-state index in [1.54, 1.807) is 0 Å². The molecule has 0 saturated heterocycles. The van der Waals surface area contributed by atoms with Gasteiger partial charge in [0.25, 0.3) is 0 Å². The zero-order valence-corrected chi connectivity index (χ0v) is 16.7. The third-order valence-electron chi connectivity index (χ3n) is 5.51. The maximum Gasteiger partial charge on any atom is 0.314 e. The summed E-state index contributed by atoms with van der Waals surface area (Å²) in [4.78, 5) is 12.4. The lowest BCUT2D eigenvalue weighted by molar-refractivity contribution is -0.140. The average molecular weight is 361 g/mol. The number of esters is 1. The molecule has 0 atom stereocenters. The zero-order chi connectivity index (χ0) is 18.6. The van der Waals surface area contributed by atoms with Crippen molar-refractivity contribution in [1.29, 1.82) is 0 Å². The minimum absolute atomic E-state index is 0.0519. The second-order valence-corrected chi connectivity index (χ2v) is 7.62. The molecule has 146 valence electrons. The Hall–Kier alpha value is -1.35. The third kappa shape index (κ3) is 7.49. The fourth-order valence-corrected chi connectivity index (χ4v) is 3.80. The van der Waals surface area contributed by atoms with Crippen molar-refractivity contribution in [1.82, 2.24) is 0 Å². The van der Waals surface area contributed by atoms with Crippen LogP contribution >= 0.6 is 0 Å². The van der Waals surface area contributed by atoms with Crippen LogP contribution in [0.2, 0.25) is 0 Å². The Morgan fingerprint density at radius 1 is 0.962 bits per heavy atom. The van der Waals surface area contributed by atoms with Gasteiger partial charge in [-0.2, -0.15) is 0 Å². The molecule has 1 saturated carbocycles. The Labute approximate surface area is 159 Å². The number of hydrogen-bond donors (Lipinski definition) is 0. The van der Waals surface area contributed by atoms with Gasteiger partial charge in [0.05, 0.1) is 12.5 Å². The second kappa shape index (κ2) is 12.1. The molecule has 1 aromatic carbocycles. The van der Waals surface area contributed by atoms with Gasteiger partial charge in [0.2, 0.25) is 0 Å². The SMILES string of the molecule is CCCCCCCC1CCC(C(=O)Oc2ccc(COCC)cc2)CC1. The van der Waals surface area contributed by atoms with Crippen LogP contribution in [-0.4, -0.2) is 12.6 Å². The van der Waals surface area contributed by atoms with Crippen LogP contribution in [0.25, 0.3) is 0 Å². The summed E-state index contributed by atoms with van der Waals surface area (Å²) in [6.07, 6.45) is 12.5. The van der Waals surface area contributed by atoms with E-state index in [0.717, 1.165) is 24.3 Å². The topological polar surface area (TPSA) is 35.5 Å². The number of carbonyl (C=O) groups is 1. The highest BCUT2D eigenvalue weighted by molar-refractivity contribution is 5.75. The van der Waals surface area contributed by atoms with E-state index in [2.05, 4.69) is 6.92 Å². The Bertz CT molecular complexity index is 501. The first kappa shape index (κ1) is 21.0. The number of benzene rings is 1. The van der Waals surface area contributed by atoms with Gasteiger partial charge in [-0.25, -0.2) is 0 Å². The highest BCUT2D eigenvalue weighted by Gasteiger charge is 2.27. The molecule has 3 nitrogen and oxygen atoms in total. The van der Waals surface area contributed by atoms with E-state index in [0.29, 0.717) is 19.0 Å². The predicted molar refractivity (Wildman–Crippen MR) is 106 cm³/mol. The molecule has 0 N–H and O–H groups in total. The van der Waals surface area contributed by atoms with Crippen LogP contribution in [-0.2, 0) is 16.1 Å². The van der Waals surface area contributed by atoms with E-state index in [-0.39, 0.29) is 11.9 Å². The van der Waals surface area contributed by atoms with Gasteiger partial charge in [0.1, 0.15) is 5.75 Å². The van der Waals surface area contributed by atoms with Crippen molar-refractivity contribution < 1.29 is 14.3 Å². The van der Waals surface area contributed by atoms with Crippen molar-refractivity contribution in [2.45, 2.75) is 84.7 Å². The number of rotatable bonds is 11. The van der Waals surface area contributed by atoms with E-state index >= 15 is 0 Å². The summed E-state index contributed by atoms with van der Waals surface area (Å²) < 4.78 is 11.0. The Kier molecular flexibility index (Phi) is 9.76. The van der Waals surface area contributed by atoms with Crippen molar-refractivity contribution in [2.24, 2.45) is 11.8 Å². The fourth-order valence-electron chi connectivity index (χ4n) is 3.80. The zero-order valence-electron chi connectivity index (χ0n) is 16.7. The van der Waals surface area contributed by atoms with E-state index in [9.17, 15) is 4.79 Å². The lowest BCUT2D eigenvalue weighted by atomic mass is 9.80. The van der Waals surface area contributed by atoms with Gasteiger partial charge in [0, 0.05) is 6.61 Å². The average Bonchev–Trinajstić information content (AvgIpc) is 2.68. The summed E-state index contributed by atoms with van der Waals surface area (Å²) in [5, 5.41) is 0. The van der Waals surface area contributed by atoms with Crippen molar-refractivity contribution in [2.75, 3.05) is 6.61 Å². The van der Waals surface area contributed by atoms with E-state index in [1.807, 2.05) is 31.2 Å². The minimum Gasteiger partial charge on any atom is -0.426 e. The van der Waals surface area contributed by atoms with Gasteiger partial charge in [-0.05, 0) is 56.2 Å². The molecule has 0 unspecified atom stereocenters. The molecule has 0 radical (unpaired) electrons. The van der Waals surface area contributed by atoms with Crippen LogP contribution < -0.4 is 4.74 Å². The molecule has 0 bridgehead atoms. The molecule has 2 rings (SSSR count). The lowest BCUT2D eigenvalue weighted by Gasteiger charge is -2.27. The number of ether oxygens (including phenoxy) is 2. The van der Waals surface area contributed by atoms with Crippen LogP contribution in [0, 0.1) is 11.8 Å². The Balaban J connectivity index is 1.66. The molecule has 0 amide bonds. The summed E-state index contributed by atoms with van der Waals surface area (Å²) in [6, 6.07) is 7.67. The van der Waals surface area contributed by atoms with Gasteiger partial charge in [-0.15, -0.1) is 0 Å². The first-order valence-electron chi connectivity index (χ1n) is 10.6. The number of unbranched alkanes of at least 4 members (excludes halogenated alkanes) is 4. The normalized spacial score (nSPS) is 20.1. The van der Waals surface area contributed by atoms with Gasteiger partial charge in [0.15, 0.2) is 0 Å². The quantitative estimate of drug-likeness (QED) is 0.264. The second-order valence-electron chi connectivity index (χ2n) is 7.62. The molecule has 26 heavy (non-hydrogen) atoms. The smallest absolute Gasteiger partial charge is 0.314 e. The molecule has 1 fully saturated rings. The molecule has 1 aromatic rings. The minimum atomic E-state index is -0.0519. The summed E-state index contributed by atoms with van der Waals surface area (Å²) in [7, 11) is 0. The predicted octanol–water partition coefficient (Wildman–Crippen LogP) is 6.30. The van der Waals surface area contributed by atoms with Gasteiger partial charge in [-0.1, -0.05) is 57.6 Å². The molecule has 0 spiro atoms. The molecule has 1 aliphatic carbocycles. The maximum absolute atomic E-state index is 12.4. The molecular formula is C23H36O3. The summed E-state index contributed by atoms with van der Waals surface area (Å²) >= 11 is 0. The summed E-state index contributed by atoms with van der Waals surface area (Å²) in [6.45, 7) is 5.55. The first-order chi connectivity index (χ1) is 12.7. The maximum atomic E-state index is 12.4. The van der Waals surface area contributed by atoms with Gasteiger partial charge in [-0.3, -0.25) is 4.79 Å². The molecule has 0 heterocycles. The van der Waals surface area contributed by atoms with E-state index in [4.69, 9.17) is 9.47 Å². The van der Waals surface area contributed by atoms with Gasteiger partial charge < -0.3 is 9.47 Å². The number of carbonyl (C=O) groups excluding carboxylic acids is 1. The summed E-state index contributed by atoms with van der Waals surface area (Å²) in [5.41, 5.74) is 1.10. The molecule has 0 aliphatic heterocycles. The van der Waals surface area contributed by atoms with Crippen LogP contribution in [0.15, 0.2) is 24.3 Å². The first-order valence-corrected chi connectivity index (χ1v) is 10.6. The van der Waals surface area contributed by atoms with E-state index in [1.165, 1.54) is 51.4 Å². The van der Waals surface area contributed by atoms with Crippen molar-refractivity contribution >= 4 is 5.97 Å². The van der Waals surface area contributed by atoms with Crippen molar-refractivity contribution in [3.8, 4) is 5.75 Å². The van der Waals surface area contributed by atoms with E-state index < -0.39 is 0 Å². The molecule has 1 aliphatic rings. The summed E-state index contributed by atoms with van der Waals surface area (Å²) in [5.74, 6) is 1.49. The molecule has 3 heteroatoms. The van der Waals surface area contributed by atoms with Crippen LogP contribution in [0.4, 0.5) is 0 Å². The largest absolute Gasteiger partial charge is 0.426 e. The van der Waals surface area contributed by atoms with Crippen molar-refractivity contribution in [3.05, 3.63) is 29.8 Å². The highest BCUT2D eigenvalue weighted by Crippen LogP contribution is 2.33. The van der Waals surface area contributed by atoms with Crippen LogP contribution in [0.1, 0.15) is 83.6 Å². The Morgan fingerprint density at radius 2 is 1.65 bits per heavy atom. The Morgan fingerprint density at radius 3 is 2.31 bits per heavy atom. The molecular weight excluding hydrogens is 324 g/mol. The highest BCUT2D eigenvalue weighted by atomic mass is 16.5. The van der Waals surface area contributed by atoms with Crippen LogP contribution in [0.5, 0.6) is 5.75 Å². The lowest BCUT2D eigenvalue weighted by Crippen LogP contribution is -2.25. The van der Waals surface area contributed by atoms with Crippen LogP contribution in [0.3, 0.4) is 0 Å². The third-order valence-corrected chi connectivity index (χ3v) is 5.51. The standard InChI is InChI=1S/C23H36O3/c1-3-5-6-7-8-9-19-10-14-21(15-11-19)23(24)26-22-16-12-20(13-17-22)18-25-4-2/h12-13,16-17,19,21H,3-11,14-15,18H2,1-2H3.